The third kappa shape index (κ3) is 1.26. The molecule has 1 atom stereocenters. The second-order valence-electron chi connectivity index (χ2n) is 2.37. The molecule has 0 aromatic heterocycles. The predicted octanol–water partition coefficient (Wildman–Crippen LogP) is 0.115. The van der Waals surface area contributed by atoms with Crippen molar-refractivity contribution in [1.29, 1.82) is 0 Å². The second-order valence-corrected chi connectivity index (χ2v) is 2.37. The van der Waals surface area contributed by atoms with E-state index >= 15 is 0 Å². The number of alkyl halides is 1. The topological polar surface area (TPSA) is 40.5 Å². The van der Waals surface area contributed by atoms with Crippen molar-refractivity contribution in [2.24, 2.45) is 0 Å². The van der Waals surface area contributed by atoms with Gasteiger partial charge in [-0.15, -0.1) is 0 Å². The number of aliphatic carboxylic acids is 1. The molecule has 0 aromatic rings. The van der Waals surface area contributed by atoms with Crippen LogP contribution >= 0.6 is 0 Å². The van der Waals surface area contributed by atoms with Crippen LogP contribution in [0.1, 0.15) is 6.42 Å². The molecule has 0 aromatic carbocycles. The van der Waals surface area contributed by atoms with E-state index in [2.05, 4.69) is 0 Å². The van der Waals surface area contributed by atoms with Gasteiger partial charge >= 0.3 is 5.97 Å². The lowest BCUT2D eigenvalue weighted by molar-refractivity contribution is -0.148. The Bertz CT molecular complexity index is 140. The van der Waals surface area contributed by atoms with Crippen LogP contribution in [-0.4, -0.2) is 41.8 Å². The summed E-state index contributed by atoms with van der Waals surface area (Å²) in [7, 11) is 0. The number of nitrogens with zero attached hydrogens (tertiary/aromatic N) is 1. The Hall–Kier alpha value is -0.640. The second kappa shape index (κ2) is 2.96. The molecule has 4 heteroatoms. The summed E-state index contributed by atoms with van der Waals surface area (Å²) >= 11 is 0. The van der Waals surface area contributed by atoms with Gasteiger partial charge in [-0.25, -0.2) is 4.39 Å². The van der Waals surface area contributed by atoms with Crippen molar-refractivity contribution in [2.45, 2.75) is 12.5 Å². The number of hydrogen-bond donors (Lipinski definition) is 1. The van der Waals surface area contributed by atoms with Gasteiger partial charge in [-0.2, -0.15) is 0 Å². The maximum Gasteiger partial charge on any atom is 0.320 e. The number of hydrogen-bond acceptors (Lipinski definition) is 2. The van der Waals surface area contributed by atoms with Crippen molar-refractivity contribution in [1.82, 2.24) is 4.90 Å². The van der Waals surface area contributed by atoms with Crippen LogP contribution in [0.5, 0.6) is 0 Å². The molecular weight excluding hydrogens is 137 g/mol. The van der Waals surface area contributed by atoms with Gasteiger partial charge in [-0.05, 0) is 6.42 Å². The smallest absolute Gasteiger partial charge is 0.320 e. The number of halogens is 1. The molecule has 1 heterocycles. The molecule has 0 spiro atoms. The SMILES string of the molecule is O=C(O)C1CCN1CCF. The van der Waals surface area contributed by atoms with Crippen LogP contribution in [0, 0.1) is 0 Å². The first-order valence-electron chi connectivity index (χ1n) is 3.28. The van der Waals surface area contributed by atoms with Gasteiger partial charge in [0.1, 0.15) is 12.7 Å². The first kappa shape index (κ1) is 7.47. The molecule has 0 amide bonds. The number of carboxylic acids is 1. The lowest BCUT2D eigenvalue weighted by atomic mass is 10.0. The molecule has 1 fully saturated rings. The van der Waals surface area contributed by atoms with Gasteiger partial charge in [0.05, 0.1) is 0 Å². The van der Waals surface area contributed by atoms with Gasteiger partial charge < -0.3 is 5.11 Å². The van der Waals surface area contributed by atoms with Gasteiger partial charge in [0, 0.05) is 13.1 Å². The minimum absolute atomic E-state index is 0.261. The van der Waals surface area contributed by atoms with Crippen LogP contribution in [0.4, 0.5) is 4.39 Å². The predicted molar refractivity (Wildman–Crippen MR) is 33.6 cm³/mol. The molecule has 58 valence electrons. The van der Waals surface area contributed by atoms with Gasteiger partial charge in [-0.3, -0.25) is 9.69 Å². The Morgan fingerprint density at radius 1 is 1.80 bits per heavy atom. The quantitative estimate of drug-likeness (QED) is 0.616. The molecule has 0 saturated carbocycles. The maximum absolute atomic E-state index is 11.7. The summed E-state index contributed by atoms with van der Waals surface area (Å²) in [4.78, 5) is 11.9. The lowest BCUT2D eigenvalue weighted by Crippen LogP contribution is -2.52. The Morgan fingerprint density at radius 3 is 2.80 bits per heavy atom. The molecule has 0 radical (unpaired) electrons. The van der Waals surface area contributed by atoms with Crippen LogP contribution < -0.4 is 0 Å². The van der Waals surface area contributed by atoms with Gasteiger partial charge in [0.25, 0.3) is 0 Å². The van der Waals surface area contributed by atoms with Crippen LogP contribution in [0.3, 0.4) is 0 Å². The van der Waals surface area contributed by atoms with E-state index in [1.165, 1.54) is 0 Å². The number of rotatable bonds is 3. The van der Waals surface area contributed by atoms with E-state index in [-0.39, 0.29) is 6.54 Å². The standard InChI is InChI=1S/C6H10FNO2/c7-2-4-8-3-1-5(8)6(9)10/h5H,1-4H2,(H,9,10). The van der Waals surface area contributed by atoms with Crippen LogP contribution in [0.15, 0.2) is 0 Å². The fourth-order valence-corrected chi connectivity index (χ4v) is 1.10. The van der Waals surface area contributed by atoms with E-state index in [1.807, 2.05) is 0 Å². The van der Waals surface area contributed by atoms with E-state index in [4.69, 9.17) is 5.11 Å². The molecule has 1 N–H and O–H groups in total. The zero-order chi connectivity index (χ0) is 7.56. The highest BCUT2D eigenvalue weighted by atomic mass is 19.1. The Labute approximate surface area is 58.4 Å². The summed E-state index contributed by atoms with van der Waals surface area (Å²) in [5.74, 6) is -0.834. The summed E-state index contributed by atoms with van der Waals surface area (Å²) in [6, 6.07) is -0.421. The van der Waals surface area contributed by atoms with Crippen LogP contribution in [0.2, 0.25) is 0 Å². The van der Waals surface area contributed by atoms with E-state index in [0.29, 0.717) is 6.42 Å². The van der Waals surface area contributed by atoms with E-state index in [9.17, 15) is 9.18 Å². The first-order valence-corrected chi connectivity index (χ1v) is 3.28. The monoisotopic (exact) mass is 147 g/mol. The molecule has 0 aliphatic carbocycles. The molecule has 1 unspecified atom stereocenters. The van der Waals surface area contributed by atoms with Crippen LogP contribution in [-0.2, 0) is 4.79 Å². The average Bonchev–Trinajstić information content (AvgIpc) is 1.78. The van der Waals surface area contributed by atoms with Crippen molar-refractivity contribution < 1.29 is 14.3 Å². The fourth-order valence-electron chi connectivity index (χ4n) is 1.10. The zero-order valence-electron chi connectivity index (χ0n) is 5.59. The molecule has 1 aliphatic rings. The van der Waals surface area contributed by atoms with E-state index in [0.717, 1.165) is 6.54 Å². The van der Waals surface area contributed by atoms with E-state index < -0.39 is 18.7 Å². The largest absolute Gasteiger partial charge is 0.480 e. The Kier molecular flexibility index (Phi) is 2.21. The summed E-state index contributed by atoms with van der Waals surface area (Å²) < 4.78 is 11.7. The number of likely N-dealkylation sites (tertiary alicyclic amines) is 1. The highest BCUT2D eigenvalue weighted by Crippen LogP contribution is 2.16. The summed E-state index contributed by atoms with van der Waals surface area (Å²) in [6.45, 7) is 0.529. The minimum Gasteiger partial charge on any atom is -0.480 e. The molecule has 1 rings (SSSR count). The van der Waals surface area contributed by atoms with Crippen molar-refractivity contribution in [3.8, 4) is 0 Å². The molecule has 1 saturated heterocycles. The third-order valence-corrected chi connectivity index (χ3v) is 1.79. The molecule has 0 bridgehead atoms. The van der Waals surface area contributed by atoms with Gasteiger partial charge in [0.15, 0.2) is 0 Å². The maximum atomic E-state index is 11.7. The van der Waals surface area contributed by atoms with E-state index in [1.54, 1.807) is 4.90 Å². The highest BCUT2D eigenvalue weighted by molar-refractivity contribution is 5.74. The molecular formula is C6H10FNO2. The van der Waals surface area contributed by atoms with Crippen molar-refractivity contribution >= 4 is 5.97 Å². The summed E-state index contributed by atoms with van der Waals surface area (Å²) in [5.41, 5.74) is 0. The normalized spacial score (nSPS) is 25.9. The highest BCUT2D eigenvalue weighted by Gasteiger charge is 2.33. The molecule has 3 nitrogen and oxygen atoms in total. The third-order valence-electron chi connectivity index (χ3n) is 1.79. The van der Waals surface area contributed by atoms with Crippen molar-refractivity contribution in [2.75, 3.05) is 19.8 Å². The minimum atomic E-state index is -0.834. The Morgan fingerprint density at radius 2 is 2.50 bits per heavy atom. The average molecular weight is 147 g/mol. The number of carbonyl (C=O) groups is 1. The van der Waals surface area contributed by atoms with Crippen molar-refractivity contribution in [3.63, 3.8) is 0 Å². The molecule has 10 heavy (non-hydrogen) atoms. The first-order chi connectivity index (χ1) is 4.75. The summed E-state index contributed by atoms with van der Waals surface area (Å²) in [5, 5.41) is 8.47. The van der Waals surface area contributed by atoms with Gasteiger partial charge in [-0.1, -0.05) is 0 Å². The van der Waals surface area contributed by atoms with Crippen molar-refractivity contribution in [3.05, 3.63) is 0 Å². The fraction of sp³-hybridized carbons (Fsp3) is 0.833. The number of carboxylic acid groups (broad SMARTS) is 1. The Balaban J connectivity index is 2.28. The summed E-state index contributed by atoms with van der Waals surface area (Å²) in [6.07, 6.45) is 0.662. The molecule has 1 aliphatic heterocycles. The lowest BCUT2D eigenvalue weighted by Gasteiger charge is -2.36. The zero-order valence-corrected chi connectivity index (χ0v) is 5.59. The van der Waals surface area contributed by atoms with Gasteiger partial charge in [0.2, 0.25) is 0 Å². The van der Waals surface area contributed by atoms with Crippen LogP contribution in [0.25, 0.3) is 0 Å².